The molecule has 0 atom stereocenters. The maximum absolute atomic E-state index is 12.7. The van der Waals surface area contributed by atoms with Crippen LogP contribution in [0, 0.1) is 0 Å². The van der Waals surface area contributed by atoms with Gasteiger partial charge in [-0.05, 0) is 38.4 Å². The molecule has 2 aromatic rings. The Balaban J connectivity index is 1.59. The Morgan fingerprint density at radius 3 is 2.23 bits per heavy atom. The van der Waals surface area contributed by atoms with Crippen molar-refractivity contribution in [3.8, 4) is 11.4 Å². The average Bonchev–Trinajstić information content (AvgIpc) is 2.68. The van der Waals surface area contributed by atoms with Crippen molar-refractivity contribution in [1.29, 1.82) is 0 Å². The van der Waals surface area contributed by atoms with Crippen LogP contribution in [0.15, 0.2) is 42.7 Å². The topological polar surface area (TPSA) is 69.6 Å². The Morgan fingerprint density at radius 1 is 0.962 bits per heavy atom. The molecule has 136 valence electrons. The molecule has 0 saturated carbocycles. The van der Waals surface area contributed by atoms with Crippen molar-refractivity contribution in [1.82, 2.24) is 24.7 Å². The highest BCUT2D eigenvalue weighted by molar-refractivity contribution is 5.94. The van der Waals surface area contributed by atoms with E-state index in [-0.39, 0.29) is 11.8 Å². The minimum atomic E-state index is -0.0511. The molecule has 0 spiro atoms. The van der Waals surface area contributed by atoms with E-state index in [2.05, 4.69) is 9.97 Å². The van der Waals surface area contributed by atoms with E-state index in [9.17, 15) is 9.59 Å². The van der Waals surface area contributed by atoms with Crippen molar-refractivity contribution in [3.63, 3.8) is 0 Å². The first-order valence-electron chi connectivity index (χ1n) is 8.64. The van der Waals surface area contributed by atoms with Gasteiger partial charge in [0, 0.05) is 38.6 Å². The standard InChI is InChI=1S/C19H23N5O2/c1-22(2)14-18(25)23-9-11-24(12-10-23)19(26)15-6-7-17(21-13-15)16-5-3-4-8-20-16/h3-8,13H,9-12,14H2,1-2H3. The minimum absolute atomic E-state index is 0.0511. The highest BCUT2D eigenvalue weighted by Gasteiger charge is 2.25. The predicted molar refractivity (Wildman–Crippen MR) is 98.5 cm³/mol. The monoisotopic (exact) mass is 353 g/mol. The first-order chi connectivity index (χ1) is 12.5. The van der Waals surface area contributed by atoms with Gasteiger partial charge in [-0.3, -0.25) is 19.6 Å². The normalized spacial score (nSPS) is 14.6. The van der Waals surface area contributed by atoms with Crippen molar-refractivity contribution in [2.75, 3.05) is 46.8 Å². The molecule has 3 heterocycles. The number of hydrogen-bond donors (Lipinski definition) is 0. The molecule has 1 aliphatic heterocycles. The molecule has 7 nitrogen and oxygen atoms in total. The van der Waals surface area contributed by atoms with Crippen LogP contribution in [0.5, 0.6) is 0 Å². The van der Waals surface area contributed by atoms with E-state index in [1.807, 2.05) is 48.2 Å². The molecule has 0 radical (unpaired) electrons. The third-order valence-electron chi connectivity index (χ3n) is 4.31. The van der Waals surface area contributed by atoms with Gasteiger partial charge in [-0.1, -0.05) is 6.07 Å². The zero-order valence-corrected chi connectivity index (χ0v) is 15.1. The molecule has 26 heavy (non-hydrogen) atoms. The van der Waals surface area contributed by atoms with Crippen molar-refractivity contribution in [3.05, 3.63) is 48.3 Å². The number of likely N-dealkylation sites (N-methyl/N-ethyl adjacent to an activating group) is 1. The number of hydrogen-bond acceptors (Lipinski definition) is 5. The third kappa shape index (κ3) is 4.23. The SMILES string of the molecule is CN(C)CC(=O)N1CCN(C(=O)c2ccc(-c3ccccn3)nc2)CC1. The number of amides is 2. The Hall–Kier alpha value is -2.80. The summed E-state index contributed by atoms with van der Waals surface area (Å²) in [5.41, 5.74) is 2.07. The number of nitrogens with zero attached hydrogens (tertiary/aromatic N) is 5. The number of carbonyl (C=O) groups excluding carboxylic acids is 2. The fraction of sp³-hybridized carbons (Fsp3) is 0.368. The second kappa shape index (κ2) is 8.05. The molecule has 2 aromatic heterocycles. The van der Waals surface area contributed by atoms with Gasteiger partial charge in [0.05, 0.1) is 23.5 Å². The van der Waals surface area contributed by atoms with Gasteiger partial charge in [-0.2, -0.15) is 0 Å². The zero-order chi connectivity index (χ0) is 18.5. The molecule has 0 bridgehead atoms. The lowest BCUT2D eigenvalue weighted by Crippen LogP contribution is -2.52. The molecule has 2 amide bonds. The van der Waals surface area contributed by atoms with Crippen LogP contribution in [-0.4, -0.2) is 83.3 Å². The van der Waals surface area contributed by atoms with Gasteiger partial charge in [0.15, 0.2) is 0 Å². The van der Waals surface area contributed by atoms with Crippen LogP contribution in [0.4, 0.5) is 0 Å². The fourth-order valence-electron chi connectivity index (χ4n) is 2.90. The highest BCUT2D eigenvalue weighted by Crippen LogP contribution is 2.15. The molecule has 0 aliphatic carbocycles. The first kappa shape index (κ1) is 18.0. The van der Waals surface area contributed by atoms with Gasteiger partial charge in [0.2, 0.25) is 5.91 Å². The van der Waals surface area contributed by atoms with Crippen molar-refractivity contribution in [2.45, 2.75) is 0 Å². The average molecular weight is 353 g/mol. The second-order valence-electron chi connectivity index (χ2n) is 6.56. The fourth-order valence-corrected chi connectivity index (χ4v) is 2.90. The minimum Gasteiger partial charge on any atom is -0.338 e. The van der Waals surface area contributed by atoms with Crippen LogP contribution in [0.25, 0.3) is 11.4 Å². The number of piperazine rings is 1. The lowest BCUT2D eigenvalue weighted by molar-refractivity contribution is -0.133. The molecule has 3 rings (SSSR count). The van der Waals surface area contributed by atoms with Crippen LogP contribution >= 0.6 is 0 Å². The summed E-state index contributed by atoms with van der Waals surface area (Å²) in [7, 11) is 3.75. The summed E-state index contributed by atoms with van der Waals surface area (Å²) >= 11 is 0. The molecule has 0 N–H and O–H groups in total. The molecule has 1 fully saturated rings. The number of rotatable bonds is 4. The zero-order valence-electron chi connectivity index (χ0n) is 15.1. The molecular formula is C19H23N5O2. The largest absolute Gasteiger partial charge is 0.338 e. The summed E-state index contributed by atoms with van der Waals surface area (Å²) in [6, 6.07) is 9.23. The summed E-state index contributed by atoms with van der Waals surface area (Å²) in [5.74, 6) is 0.0493. The van der Waals surface area contributed by atoms with E-state index < -0.39 is 0 Å². The number of carbonyl (C=O) groups is 2. The Labute approximate surface area is 153 Å². The van der Waals surface area contributed by atoms with Crippen LogP contribution in [-0.2, 0) is 4.79 Å². The Bertz CT molecular complexity index is 753. The van der Waals surface area contributed by atoms with Gasteiger partial charge in [0.25, 0.3) is 5.91 Å². The van der Waals surface area contributed by atoms with E-state index in [4.69, 9.17) is 0 Å². The summed E-state index contributed by atoms with van der Waals surface area (Å²) in [5, 5.41) is 0. The summed E-state index contributed by atoms with van der Waals surface area (Å²) in [4.78, 5) is 38.8. The quantitative estimate of drug-likeness (QED) is 0.820. The van der Waals surface area contributed by atoms with E-state index in [1.54, 1.807) is 23.4 Å². The maximum atomic E-state index is 12.7. The summed E-state index contributed by atoms with van der Waals surface area (Å²) < 4.78 is 0. The lowest BCUT2D eigenvalue weighted by Gasteiger charge is -2.35. The Kier molecular flexibility index (Phi) is 5.58. The molecule has 0 unspecified atom stereocenters. The van der Waals surface area contributed by atoms with Gasteiger partial charge >= 0.3 is 0 Å². The van der Waals surface area contributed by atoms with Crippen molar-refractivity contribution >= 4 is 11.8 Å². The first-order valence-corrected chi connectivity index (χ1v) is 8.64. The molecule has 0 aromatic carbocycles. The number of aromatic nitrogens is 2. The number of pyridine rings is 2. The van der Waals surface area contributed by atoms with Crippen molar-refractivity contribution < 1.29 is 9.59 Å². The van der Waals surface area contributed by atoms with Gasteiger partial charge in [0.1, 0.15) is 0 Å². The van der Waals surface area contributed by atoms with Gasteiger partial charge in [-0.25, -0.2) is 0 Å². The maximum Gasteiger partial charge on any atom is 0.255 e. The van der Waals surface area contributed by atoms with E-state index in [0.29, 0.717) is 38.3 Å². The Morgan fingerprint density at radius 2 is 1.65 bits per heavy atom. The molecular weight excluding hydrogens is 330 g/mol. The van der Waals surface area contributed by atoms with Gasteiger partial charge in [-0.15, -0.1) is 0 Å². The van der Waals surface area contributed by atoms with Crippen LogP contribution < -0.4 is 0 Å². The summed E-state index contributed by atoms with van der Waals surface area (Å²) in [6.07, 6.45) is 3.31. The highest BCUT2D eigenvalue weighted by atomic mass is 16.2. The van der Waals surface area contributed by atoms with Crippen LogP contribution in [0.2, 0.25) is 0 Å². The third-order valence-corrected chi connectivity index (χ3v) is 4.31. The van der Waals surface area contributed by atoms with Crippen molar-refractivity contribution in [2.24, 2.45) is 0 Å². The van der Waals surface area contributed by atoms with E-state index >= 15 is 0 Å². The van der Waals surface area contributed by atoms with Gasteiger partial charge < -0.3 is 14.7 Å². The molecule has 1 aliphatic rings. The van der Waals surface area contributed by atoms with Crippen LogP contribution in [0.1, 0.15) is 10.4 Å². The van der Waals surface area contributed by atoms with E-state index in [1.165, 1.54) is 0 Å². The predicted octanol–water partition coefficient (Wildman–Crippen LogP) is 0.990. The smallest absolute Gasteiger partial charge is 0.255 e. The second-order valence-corrected chi connectivity index (χ2v) is 6.56. The lowest BCUT2D eigenvalue weighted by atomic mass is 10.2. The molecule has 7 heteroatoms. The van der Waals surface area contributed by atoms with Crippen LogP contribution in [0.3, 0.4) is 0 Å². The molecule has 1 saturated heterocycles. The van der Waals surface area contributed by atoms with E-state index in [0.717, 1.165) is 11.4 Å². The summed E-state index contributed by atoms with van der Waals surface area (Å²) in [6.45, 7) is 2.61.